The minimum atomic E-state index is 0.420. The Kier molecular flexibility index (Phi) is 4.92. The molecule has 0 saturated carbocycles. The van der Waals surface area contributed by atoms with Crippen LogP contribution in [0.1, 0.15) is 18.6 Å². The SMILES string of the molecule is COc1cc(N2CCCC2)nc(NC(=S)NCc2ccco2)n1. The van der Waals surface area contributed by atoms with Crippen LogP contribution in [0, 0.1) is 0 Å². The minimum Gasteiger partial charge on any atom is -0.481 e. The van der Waals surface area contributed by atoms with Gasteiger partial charge in [-0.1, -0.05) is 0 Å². The van der Waals surface area contributed by atoms with Crippen molar-refractivity contribution >= 4 is 29.1 Å². The van der Waals surface area contributed by atoms with Gasteiger partial charge in [0.25, 0.3) is 0 Å². The van der Waals surface area contributed by atoms with Crippen LogP contribution < -0.4 is 20.3 Å². The highest BCUT2D eigenvalue weighted by molar-refractivity contribution is 7.80. The molecular weight excluding hydrogens is 314 g/mol. The first-order valence-corrected chi connectivity index (χ1v) is 7.90. The number of hydrogen-bond acceptors (Lipinski definition) is 6. The summed E-state index contributed by atoms with van der Waals surface area (Å²) < 4.78 is 10.5. The van der Waals surface area contributed by atoms with Crippen LogP contribution in [0.5, 0.6) is 5.88 Å². The first kappa shape index (κ1) is 15.5. The third-order valence-corrected chi connectivity index (χ3v) is 3.80. The molecule has 0 aromatic carbocycles. The van der Waals surface area contributed by atoms with Crippen molar-refractivity contribution in [3.8, 4) is 5.88 Å². The maximum atomic E-state index is 5.27. The molecule has 0 spiro atoms. The molecule has 0 aliphatic carbocycles. The topological polar surface area (TPSA) is 75.5 Å². The fraction of sp³-hybridized carbons (Fsp3) is 0.400. The summed E-state index contributed by atoms with van der Waals surface area (Å²) in [5.74, 6) is 2.59. The Labute approximate surface area is 140 Å². The number of furan rings is 1. The van der Waals surface area contributed by atoms with Gasteiger partial charge in [0.15, 0.2) is 5.11 Å². The first-order valence-electron chi connectivity index (χ1n) is 7.50. The highest BCUT2D eigenvalue weighted by Gasteiger charge is 2.16. The Morgan fingerprint density at radius 2 is 2.22 bits per heavy atom. The van der Waals surface area contributed by atoms with Gasteiger partial charge in [0.05, 0.1) is 19.9 Å². The smallest absolute Gasteiger partial charge is 0.234 e. The molecular formula is C15H19N5O2S. The molecule has 1 fully saturated rings. The lowest BCUT2D eigenvalue weighted by molar-refractivity contribution is 0.397. The molecule has 0 atom stereocenters. The molecule has 1 aliphatic heterocycles. The molecule has 3 rings (SSSR count). The van der Waals surface area contributed by atoms with Crippen LogP contribution in [0.3, 0.4) is 0 Å². The monoisotopic (exact) mass is 333 g/mol. The molecule has 1 aliphatic rings. The second-order valence-corrected chi connectivity index (χ2v) is 5.58. The molecule has 2 N–H and O–H groups in total. The number of rotatable bonds is 5. The second-order valence-electron chi connectivity index (χ2n) is 5.17. The van der Waals surface area contributed by atoms with E-state index in [1.54, 1.807) is 13.4 Å². The van der Waals surface area contributed by atoms with E-state index in [1.807, 2.05) is 18.2 Å². The number of aromatic nitrogens is 2. The molecule has 122 valence electrons. The Morgan fingerprint density at radius 1 is 1.39 bits per heavy atom. The number of methoxy groups -OCH3 is 1. The van der Waals surface area contributed by atoms with Gasteiger partial charge in [-0.15, -0.1) is 0 Å². The zero-order valence-corrected chi connectivity index (χ0v) is 13.7. The van der Waals surface area contributed by atoms with Crippen molar-refractivity contribution in [1.82, 2.24) is 15.3 Å². The third-order valence-electron chi connectivity index (χ3n) is 3.56. The van der Waals surface area contributed by atoms with Gasteiger partial charge in [0.2, 0.25) is 11.8 Å². The summed E-state index contributed by atoms with van der Waals surface area (Å²) in [6.45, 7) is 2.50. The van der Waals surface area contributed by atoms with Gasteiger partial charge in [-0.3, -0.25) is 0 Å². The number of nitrogens with zero attached hydrogens (tertiary/aromatic N) is 3. The number of anilines is 2. The molecule has 2 aromatic rings. The van der Waals surface area contributed by atoms with Crippen LogP contribution in [-0.4, -0.2) is 35.3 Å². The van der Waals surface area contributed by atoms with Crippen molar-refractivity contribution in [3.63, 3.8) is 0 Å². The van der Waals surface area contributed by atoms with Gasteiger partial charge in [-0.2, -0.15) is 9.97 Å². The van der Waals surface area contributed by atoms with Crippen LogP contribution in [0.15, 0.2) is 28.9 Å². The largest absolute Gasteiger partial charge is 0.481 e. The van der Waals surface area contributed by atoms with Crippen molar-refractivity contribution in [2.75, 3.05) is 30.4 Å². The third kappa shape index (κ3) is 4.10. The maximum absolute atomic E-state index is 5.27. The molecule has 0 bridgehead atoms. The van der Waals surface area contributed by atoms with E-state index in [1.165, 1.54) is 12.8 Å². The zero-order valence-electron chi connectivity index (χ0n) is 12.9. The fourth-order valence-corrected chi connectivity index (χ4v) is 2.57. The Bertz CT molecular complexity index is 656. The summed E-state index contributed by atoms with van der Waals surface area (Å²) in [5.41, 5.74) is 0. The van der Waals surface area contributed by atoms with E-state index in [0.717, 1.165) is 24.7 Å². The lowest BCUT2D eigenvalue weighted by Crippen LogP contribution is -2.29. The molecule has 23 heavy (non-hydrogen) atoms. The van der Waals surface area contributed by atoms with Crippen LogP contribution >= 0.6 is 12.2 Å². The summed E-state index contributed by atoms with van der Waals surface area (Å²) in [6, 6.07) is 5.56. The van der Waals surface area contributed by atoms with E-state index < -0.39 is 0 Å². The van der Waals surface area contributed by atoms with E-state index >= 15 is 0 Å². The summed E-state index contributed by atoms with van der Waals surface area (Å²) in [5, 5.41) is 6.48. The van der Waals surface area contributed by atoms with E-state index in [0.29, 0.717) is 23.5 Å². The highest BCUT2D eigenvalue weighted by atomic mass is 32.1. The average molecular weight is 333 g/mol. The Hall–Kier alpha value is -2.35. The van der Waals surface area contributed by atoms with Crippen LogP contribution in [0.2, 0.25) is 0 Å². The van der Waals surface area contributed by atoms with Gasteiger partial charge >= 0.3 is 0 Å². The number of nitrogens with one attached hydrogen (secondary N) is 2. The summed E-state index contributed by atoms with van der Waals surface area (Å²) >= 11 is 5.27. The average Bonchev–Trinajstić information content (AvgIpc) is 3.26. The standard InChI is InChI=1S/C15H19N5O2S/c1-21-13-9-12(20-6-2-3-7-20)17-14(18-13)19-15(23)16-10-11-5-4-8-22-11/h4-5,8-9H,2-3,6-7,10H2,1H3,(H2,16,17,18,19,23). The van der Waals surface area contributed by atoms with Crippen molar-refractivity contribution in [2.45, 2.75) is 19.4 Å². The van der Waals surface area contributed by atoms with Crippen molar-refractivity contribution in [1.29, 1.82) is 0 Å². The van der Waals surface area contributed by atoms with Crippen molar-refractivity contribution < 1.29 is 9.15 Å². The Balaban J connectivity index is 1.65. The molecule has 8 heteroatoms. The molecule has 2 aromatic heterocycles. The number of hydrogen-bond donors (Lipinski definition) is 2. The lowest BCUT2D eigenvalue weighted by atomic mass is 10.4. The van der Waals surface area contributed by atoms with Crippen LogP contribution in [-0.2, 0) is 6.54 Å². The van der Waals surface area contributed by atoms with Gasteiger partial charge in [0.1, 0.15) is 11.6 Å². The van der Waals surface area contributed by atoms with E-state index in [9.17, 15) is 0 Å². The fourth-order valence-electron chi connectivity index (χ4n) is 2.41. The van der Waals surface area contributed by atoms with Crippen LogP contribution in [0.4, 0.5) is 11.8 Å². The molecule has 0 radical (unpaired) electrons. The quantitative estimate of drug-likeness (QED) is 0.806. The molecule has 3 heterocycles. The van der Waals surface area contributed by atoms with E-state index in [2.05, 4.69) is 25.5 Å². The van der Waals surface area contributed by atoms with Gasteiger partial charge in [-0.05, 0) is 37.2 Å². The number of thiocarbonyl (C=S) groups is 1. The summed E-state index contributed by atoms with van der Waals surface area (Å²) in [6.07, 6.45) is 3.98. The molecule has 7 nitrogen and oxygen atoms in total. The van der Waals surface area contributed by atoms with E-state index in [-0.39, 0.29) is 0 Å². The number of ether oxygens (including phenoxy) is 1. The van der Waals surface area contributed by atoms with Gasteiger partial charge < -0.3 is 24.7 Å². The summed E-state index contributed by atoms with van der Waals surface area (Å²) in [4.78, 5) is 11.0. The first-order chi connectivity index (χ1) is 11.2. The van der Waals surface area contributed by atoms with Gasteiger partial charge in [0, 0.05) is 19.2 Å². The maximum Gasteiger partial charge on any atom is 0.234 e. The molecule has 0 unspecified atom stereocenters. The van der Waals surface area contributed by atoms with Crippen molar-refractivity contribution in [2.24, 2.45) is 0 Å². The van der Waals surface area contributed by atoms with Gasteiger partial charge in [-0.25, -0.2) is 0 Å². The molecule has 0 amide bonds. The molecule has 1 saturated heterocycles. The lowest BCUT2D eigenvalue weighted by Gasteiger charge is -2.18. The zero-order chi connectivity index (χ0) is 16.1. The normalized spacial score (nSPS) is 13.9. The van der Waals surface area contributed by atoms with Crippen molar-refractivity contribution in [3.05, 3.63) is 30.2 Å². The van der Waals surface area contributed by atoms with Crippen LogP contribution in [0.25, 0.3) is 0 Å². The summed E-state index contributed by atoms with van der Waals surface area (Å²) in [7, 11) is 1.59. The predicted octanol–water partition coefficient (Wildman–Crippen LogP) is 2.17. The van der Waals surface area contributed by atoms with E-state index in [4.69, 9.17) is 21.4 Å². The second kappa shape index (κ2) is 7.28. The highest BCUT2D eigenvalue weighted by Crippen LogP contribution is 2.23. The Morgan fingerprint density at radius 3 is 2.91 bits per heavy atom. The predicted molar refractivity (Wildman–Crippen MR) is 91.8 cm³/mol. The minimum absolute atomic E-state index is 0.420.